The molecule has 0 unspecified atom stereocenters. The van der Waals surface area contributed by atoms with Gasteiger partial charge in [0.1, 0.15) is 5.54 Å². The monoisotopic (exact) mass is 265 g/mol. The van der Waals surface area contributed by atoms with E-state index in [9.17, 15) is 9.59 Å². The highest BCUT2D eigenvalue weighted by molar-refractivity contribution is 5.89. The molecular weight excluding hydrogens is 246 g/mol. The van der Waals surface area contributed by atoms with Crippen LogP contribution in [-0.2, 0) is 14.3 Å². The first kappa shape index (κ1) is 15.2. The second kappa shape index (κ2) is 5.84. The van der Waals surface area contributed by atoms with Crippen molar-refractivity contribution in [1.82, 2.24) is 4.90 Å². The van der Waals surface area contributed by atoms with Crippen molar-refractivity contribution in [2.24, 2.45) is 0 Å². The molecule has 0 bridgehead atoms. The van der Waals surface area contributed by atoms with Gasteiger partial charge in [0.15, 0.2) is 6.10 Å². The second-order valence-corrected chi connectivity index (χ2v) is 4.79. The molecule has 0 saturated carbocycles. The lowest BCUT2D eigenvalue weighted by Crippen LogP contribution is -2.52. The number of rotatable bonds is 5. The van der Waals surface area contributed by atoms with Gasteiger partial charge in [-0.3, -0.25) is 4.79 Å². The lowest BCUT2D eigenvalue weighted by molar-refractivity contribution is -0.160. The summed E-state index contributed by atoms with van der Waals surface area (Å²) in [6.45, 7) is 2.95. The molecule has 0 fully saturated rings. The molecule has 19 heavy (non-hydrogen) atoms. The molecule has 1 atom stereocenters. The van der Waals surface area contributed by atoms with E-state index in [0.29, 0.717) is 5.56 Å². The van der Waals surface area contributed by atoms with E-state index in [2.05, 4.69) is 0 Å². The van der Waals surface area contributed by atoms with Crippen LogP contribution in [0.25, 0.3) is 0 Å². The normalized spacial score (nSPS) is 12.8. The summed E-state index contributed by atoms with van der Waals surface area (Å²) in [5.41, 5.74) is -0.592. The molecule has 0 spiro atoms. The Kier molecular flexibility index (Phi) is 4.67. The van der Waals surface area contributed by atoms with Crippen LogP contribution in [0.2, 0.25) is 0 Å². The summed E-state index contributed by atoms with van der Waals surface area (Å²) in [6, 6.07) is 8.99. The Balaban J connectivity index is 3.01. The summed E-state index contributed by atoms with van der Waals surface area (Å²) in [5, 5.41) is 9.15. The average molecular weight is 265 g/mol. The maximum absolute atomic E-state index is 12.4. The van der Waals surface area contributed by atoms with E-state index in [1.165, 1.54) is 32.9 Å². The maximum atomic E-state index is 12.4. The molecule has 0 aliphatic carbocycles. The predicted molar refractivity (Wildman–Crippen MR) is 70.7 cm³/mol. The first-order valence-electron chi connectivity index (χ1n) is 5.91. The summed E-state index contributed by atoms with van der Waals surface area (Å²) in [4.78, 5) is 24.7. The highest BCUT2D eigenvalue weighted by Gasteiger charge is 2.38. The van der Waals surface area contributed by atoms with Gasteiger partial charge in [-0.15, -0.1) is 0 Å². The predicted octanol–water partition coefficient (Wildman–Crippen LogP) is 1.70. The summed E-state index contributed by atoms with van der Waals surface area (Å²) in [6.07, 6.45) is -0.801. The standard InChI is InChI=1S/C14H19NO4/c1-14(2,13(17)18)15(3)12(16)11(19-4)10-8-6-5-7-9-10/h5-9,11H,1-4H3,(H,17,18)/t11-/m1/s1. The van der Waals surface area contributed by atoms with E-state index in [-0.39, 0.29) is 5.91 Å². The van der Waals surface area contributed by atoms with Crippen molar-refractivity contribution in [3.63, 3.8) is 0 Å². The zero-order valence-corrected chi connectivity index (χ0v) is 11.6. The minimum absolute atomic E-state index is 0.388. The van der Waals surface area contributed by atoms with Crippen LogP contribution in [0.5, 0.6) is 0 Å². The highest BCUT2D eigenvalue weighted by atomic mass is 16.5. The minimum Gasteiger partial charge on any atom is -0.480 e. The van der Waals surface area contributed by atoms with Gasteiger partial charge in [0.2, 0.25) is 0 Å². The Bertz CT molecular complexity index is 456. The van der Waals surface area contributed by atoms with E-state index >= 15 is 0 Å². The van der Waals surface area contributed by atoms with Crippen molar-refractivity contribution in [2.45, 2.75) is 25.5 Å². The summed E-state index contributed by atoms with van der Waals surface area (Å²) in [5.74, 6) is -1.45. The Morgan fingerprint density at radius 2 is 1.79 bits per heavy atom. The number of carboxylic acids is 1. The third-order valence-electron chi connectivity index (χ3n) is 3.25. The van der Waals surface area contributed by atoms with Crippen LogP contribution >= 0.6 is 0 Å². The van der Waals surface area contributed by atoms with Gasteiger partial charge in [-0.25, -0.2) is 4.79 Å². The molecule has 0 aromatic heterocycles. The van der Waals surface area contributed by atoms with Crippen LogP contribution in [0.1, 0.15) is 25.5 Å². The van der Waals surface area contributed by atoms with Gasteiger partial charge in [0, 0.05) is 14.2 Å². The summed E-state index contributed by atoms with van der Waals surface area (Å²) < 4.78 is 5.21. The molecule has 1 N–H and O–H groups in total. The summed E-state index contributed by atoms with van der Waals surface area (Å²) >= 11 is 0. The van der Waals surface area contributed by atoms with Gasteiger partial charge < -0.3 is 14.7 Å². The van der Waals surface area contributed by atoms with Gasteiger partial charge in [0.05, 0.1) is 0 Å². The molecule has 1 aromatic carbocycles. The van der Waals surface area contributed by atoms with Gasteiger partial charge in [-0.05, 0) is 19.4 Å². The molecule has 5 nitrogen and oxygen atoms in total. The van der Waals surface area contributed by atoms with Crippen LogP contribution in [-0.4, -0.2) is 41.6 Å². The van der Waals surface area contributed by atoms with Gasteiger partial charge in [-0.1, -0.05) is 30.3 Å². The molecule has 0 heterocycles. The van der Waals surface area contributed by atoms with Crippen molar-refractivity contribution >= 4 is 11.9 Å². The molecule has 1 amide bonds. The highest BCUT2D eigenvalue weighted by Crippen LogP contribution is 2.23. The first-order valence-corrected chi connectivity index (χ1v) is 5.91. The van der Waals surface area contributed by atoms with E-state index in [0.717, 1.165) is 0 Å². The van der Waals surface area contributed by atoms with Crippen LogP contribution in [0.4, 0.5) is 0 Å². The van der Waals surface area contributed by atoms with E-state index < -0.39 is 17.6 Å². The Hall–Kier alpha value is -1.88. The first-order chi connectivity index (χ1) is 8.82. The number of carbonyl (C=O) groups is 2. The van der Waals surface area contributed by atoms with Crippen molar-refractivity contribution in [3.05, 3.63) is 35.9 Å². The Labute approximate surface area is 112 Å². The van der Waals surface area contributed by atoms with Gasteiger partial charge in [0.25, 0.3) is 5.91 Å². The number of carboxylic acid groups (broad SMARTS) is 1. The molecule has 5 heteroatoms. The largest absolute Gasteiger partial charge is 0.480 e. The molecule has 0 saturated heterocycles. The van der Waals surface area contributed by atoms with E-state index in [1.807, 2.05) is 6.07 Å². The molecule has 1 aromatic rings. The minimum atomic E-state index is -1.29. The quantitative estimate of drug-likeness (QED) is 0.880. The number of ether oxygens (including phenoxy) is 1. The smallest absolute Gasteiger partial charge is 0.329 e. The van der Waals surface area contributed by atoms with Crippen molar-refractivity contribution in [1.29, 1.82) is 0 Å². The third kappa shape index (κ3) is 3.12. The zero-order valence-electron chi connectivity index (χ0n) is 11.6. The van der Waals surface area contributed by atoms with Crippen molar-refractivity contribution < 1.29 is 19.4 Å². The lowest BCUT2D eigenvalue weighted by atomic mass is 10.0. The molecule has 104 valence electrons. The van der Waals surface area contributed by atoms with Crippen molar-refractivity contribution in [3.8, 4) is 0 Å². The molecular formula is C14H19NO4. The Morgan fingerprint density at radius 1 is 1.26 bits per heavy atom. The summed E-state index contributed by atoms with van der Waals surface area (Å²) in [7, 11) is 2.89. The average Bonchev–Trinajstić information content (AvgIpc) is 2.39. The van der Waals surface area contributed by atoms with Crippen LogP contribution < -0.4 is 0 Å². The fraction of sp³-hybridized carbons (Fsp3) is 0.429. The number of hydrogen-bond acceptors (Lipinski definition) is 3. The van der Waals surface area contributed by atoms with E-state index in [4.69, 9.17) is 9.84 Å². The van der Waals surface area contributed by atoms with Crippen LogP contribution in [0.3, 0.4) is 0 Å². The number of hydrogen-bond donors (Lipinski definition) is 1. The number of likely N-dealkylation sites (N-methyl/N-ethyl adjacent to an activating group) is 1. The number of methoxy groups -OCH3 is 1. The molecule has 0 aliphatic rings. The fourth-order valence-electron chi connectivity index (χ4n) is 1.60. The number of amides is 1. The second-order valence-electron chi connectivity index (χ2n) is 4.79. The number of aliphatic carboxylic acids is 1. The SMILES string of the molecule is CO[C@@H](C(=O)N(C)C(C)(C)C(=O)O)c1ccccc1. The third-order valence-corrected chi connectivity index (χ3v) is 3.25. The number of nitrogens with zero attached hydrogens (tertiary/aromatic N) is 1. The topological polar surface area (TPSA) is 66.8 Å². The zero-order chi connectivity index (χ0) is 14.6. The van der Waals surface area contributed by atoms with Gasteiger partial charge >= 0.3 is 5.97 Å². The molecule has 1 rings (SSSR count). The Morgan fingerprint density at radius 3 is 2.21 bits per heavy atom. The van der Waals surface area contributed by atoms with E-state index in [1.54, 1.807) is 24.3 Å². The van der Waals surface area contributed by atoms with Crippen LogP contribution in [0.15, 0.2) is 30.3 Å². The fourth-order valence-corrected chi connectivity index (χ4v) is 1.60. The number of carbonyl (C=O) groups excluding carboxylic acids is 1. The van der Waals surface area contributed by atoms with Crippen molar-refractivity contribution in [2.75, 3.05) is 14.2 Å². The van der Waals surface area contributed by atoms with Gasteiger partial charge in [-0.2, -0.15) is 0 Å². The molecule has 0 radical (unpaired) electrons. The van der Waals surface area contributed by atoms with Crippen LogP contribution in [0, 0.1) is 0 Å². The molecule has 0 aliphatic heterocycles. The number of benzene rings is 1. The lowest BCUT2D eigenvalue weighted by Gasteiger charge is -2.33. The maximum Gasteiger partial charge on any atom is 0.329 e.